The lowest BCUT2D eigenvalue weighted by atomic mass is 10.2. The van der Waals surface area contributed by atoms with Gasteiger partial charge in [-0.3, -0.25) is 4.79 Å². The molecule has 0 spiro atoms. The molecule has 0 fully saturated rings. The minimum Gasteiger partial charge on any atom is -0.319 e. The van der Waals surface area contributed by atoms with Gasteiger partial charge in [0.2, 0.25) is 0 Å². The van der Waals surface area contributed by atoms with Gasteiger partial charge >= 0.3 is 0 Å². The Morgan fingerprint density at radius 2 is 1.68 bits per heavy atom. The van der Waals surface area contributed by atoms with Crippen LogP contribution in [0.15, 0.2) is 36.4 Å². The van der Waals surface area contributed by atoms with Crippen LogP contribution in [-0.4, -0.2) is 5.91 Å². The van der Waals surface area contributed by atoms with Crippen molar-refractivity contribution in [1.29, 1.82) is 0 Å². The van der Waals surface area contributed by atoms with E-state index in [1.165, 1.54) is 12.1 Å². The molecular formula is C13H7ClF3NO. The average Bonchev–Trinajstić information content (AvgIpc) is 2.40. The van der Waals surface area contributed by atoms with E-state index >= 15 is 0 Å². The highest BCUT2D eigenvalue weighted by Crippen LogP contribution is 2.22. The van der Waals surface area contributed by atoms with Crippen molar-refractivity contribution < 1.29 is 18.0 Å². The second-order valence-electron chi connectivity index (χ2n) is 3.66. The summed E-state index contributed by atoms with van der Waals surface area (Å²) < 4.78 is 39.1. The number of rotatable bonds is 2. The molecule has 19 heavy (non-hydrogen) atoms. The van der Waals surface area contributed by atoms with Crippen LogP contribution in [0.1, 0.15) is 10.4 Å². The maximum Gasteiger partial charge on any atom is 0.257 e. The van der Waals surface area contributed by atoms with Crippen molar-refractivity contribution in [3.63, 3.8) is 0 Å². The highest BCUT2D eigenvalue weighted by molar-refractivity contribution is 6.34. The van der Waals surface area contributed by atoms with E-state index in [-0.39, 0.29) is 10.6 Å². The molecule has 98 valence electrons. The topological polar surface area (TPSA) is 29.1 Å². The monoisotopic (exact) mass is 285 g/mol. The predicted octanol–water partition coefficient (Wildman–Crippen LogP) is 4.01. The second kappa shape index (κ2) is 5.32. The van der Waals surface area contributed by atoms with E-state index in [1.807, 2.05) is 0 Å². The van der Waals surface area contributed by atoms with Crippen LogP contribution in [0.5, 0.6) is 0 Å². The molecule has 2 aromatic carbocycles. The van der Waals surface area contributed by atoms with E-state index in [9.17, 15) is 18.0 Å². The summed E-state index contributed by atoms with van der Waals surface area (Å²) in [6.07, 6.45) is 0. The zero-order valence-electron chi connectivity index (χ0n) is 9.38. The Bertz CT molecular complexity index is 646. The Morgan fingerprint density at radius 1 is 1.00 bits per heavy atom. The van der Waals surface area contributed by atoms with Crippen molar-refractivity contribution in [1.82, 2.24) is 0 Å². The SMILES string of the molecule is O=C(Nc1ccc(F)c(F)c1F)c1ccccc1Cl. The molecule has 2 aromatic rings. The van der Waals surface area contributed by atoms with Crippen molar-refractivity contribution in [3.05, 3.63) is 64.4 Å². The van der Waals surface area contributed by atoms with Crippen LogP contribution < -0.4 is 5.32 Å². The van der Waals surface area contributed by atoms with E-state index in [0.29, 0.717) is 0 Å². The highest BCUT2D eigenvalue weighted by atomic mass is 35.5. The van der Waals surface area contributed by atoms with Gasteiger partial charge in [-0.1, -0.05) is 23.7 Å². The van der Waals surface area contributed by atoms with E-state index in [1.54, 1.807) is 12.1 Å². The Labute approximate surface area is 111 Å². The van der Waals surface area contributed by atoms with Gasteiger partial charge in [0.1, 0.15) is 0 Å². The molecule has 0 aliphatic carbocycles. The fourth-order valence-corrected chi connectivity index (χ4v) is 1.68. The van der Waals surface area contributed by atoms with Crippen molar-refractivity contribution in [2.45, 2.75) is 0 Å². The first kappa shape index (κ1) is 13.4. The van der Waals surface area contributed by atoms with Crippen LogP contribution in [0.25, 0.3) is 0 Å². The number of carbonyl (C=O) groups excluding carboxylic acids is 1. The average molecular weight is 286 g/mol. The second-order valence-corrected chi connectivity index (χ2v) is 4.06. The van der Waals surface area contributed by atoms with Crippen LogP contribution in [0.2, 0.25) is 5.02 Å². The number of nitrogens with one attached hydrogen (secondary N) is 1. The summed E-state index contributed by atoms with van der Waals surface area (Å²) in [5.41, 5.74) is -0.350. The summed E-state index contributed by atoms with van der Waals surface area (Å²) >= 11 is 5.79. The van der Waals surface area contributed by atoms with Gasteiger partial charge in [-0.15, -0.1) is 0 Å². The number of benzene rings is 2. The minimum atomic E-state index is -1.64. The van der Waals surface area contributed by atoms with Gasteiger partial charge < -0.3 is 5.32 Å². The largest absolute Gasteiger partial charge is 0.319 e. The van der Waals surface area contributed by atoms with Gasteiger partial charge in [0.25, 0.3) is 5.91 Å². The Morgan fingerprint density at radius 3 is 2.37 bits per heavy atom. The third-order valence-corrected chi connectivity index (χ3v) is 2.73. The number of anilines is 1. The van der Waals surface area contributed by atoms with Gasteiger partial charge in [0, 0.05) is 0 Å². The first-order valence-corrected chi connectivity index (χ1v) is 5.58. The molecular weight excluding hydrogens is 279 g/mol. The van der Waals surface area contributed by atoms with Crippen LogP contribution in [-0.2, 0) is 0 Å². The summed E-state index contributed by atoms with van der Waals surface area (Å²) in [7, 11) is 0. The number of hydrogen-bond donors (Lipinski definition) is 1. The van der Waals surface area contributed by atoms with Crippen molar-refractivity contribution in [2.24, 2.45) is 0 Å². The van der Waals surface area contributed by atoms with Crippen LogP contribution >= 0.6 is 11.6 Å². The molecule has 0 saturated heterocycles. The standard InChI is InChI=1S/C13H7ClF3NO/c14-8-4-2-1-3-7(8)13(19)18-10-6-5-9(15)11(16)12(10)17/h1-6H,(H,18,19). The fourth-order valence-electron chi connectivity index (χ4n) is 1.46. The van der Waals surface area contributed by atoms with Crippen molar-refractivity contribution in [2.75, 3.05) is 5.32 Å². The van der Waals surface area contributed by atoms with Crippen LogP contribution in [0.3, 0.4) is 0 Å². The Kier molecular flexibility index (Phi) is 3.76. The maximum absolute atomic E-state index is 13.4. The molecule has 6 heteroatoms. The summed E-state index contributed by atoms with van der Waals surface area (Å²) in [5, 5.41) is 2.30. The van der Waals surface area contributed by atoms with Crippen molar-refractivity contribution in [3.8, 4) is 0 Å². The lowest BCUT2D eigenvalue weighted by Crippen LogP contribution is -2.14. The molecule has 0 radical (unpaired) electrons. The highest BCUT2D eigenvalue weighted by Gasteiger charge is 2.16. The van der Waals surface area contributed by atoms with Gasteiger partial charge in [-0.05, 0) is 24.3 Å². The lowest BCUT2D eigenvalue weighted by Gasteiger charge is -2.08. The van der Waals surface area contributed by atoms with Gasteiger partial charge in [-0.25, -0.2) is 13.2 Å². The number of hydrogen-bond acceptors (Lipinski definition) is 1. The summed E-state index contributed by atoms with van der Waals surface area (Å²) in [5.74, 6) is -5.14. The predicted molar refractivity (Wildman–Crippen MR) is 65.7 cm³/mol. The molecule has 2 rings (SSSR count). The molecule has 0 aliphatic heterocycles. The Hall–Kier alpha value is -2.01. The molecule has 2 nitrogen and oxygen atoms in total. The van der Waals surface area contributed by atoms with E-state index < -0.39 is 29.0 Å². The molecule has 0 atom stereocenters. The van der Waals surface area contributed by atoms with Gasteiger partial charge in [0.05, 0.1) is 16.3 Å². The summed E-state index contributed by atoms with van der Waals surface area (Å²) in [6.45, 7) is 0. The molecule has 0 bridgehead atoms. The fraction of sp³-hybridized carbons (Fsp3) is 0. The molecule has 0 heterocycles. The number of carbonyl (C=O) groups is 1. The number of amides is 1. The molecule has 0 unspecified atom stereocenters. The number of halogens is 4. The quantitative estimate of drug-likeness (QED) is 0.830. The van der Waals surface area contributed by atoms with E-state index in [2.05, 4.69) is 5.32 Å². The third kappa shape index (κ3) is 2.71. The van der Waals surface area contributed by atoms with Gasteiger partial charge in [-0.2, -0.15) is 0 Å². The first-order chi connectivity index (χ1) is 9.00. The van der Waals surface area contributed by atoms with E-state index in [0.717, 1.165) is 12.1 Å². The molecule has 1 amide bonds. The minimum absolute atomic E-state index is 0.105. The Balaban J connectivity index is 2.30. The molecule has 1 N–H and O–H groups in total. The maximum atomic E-state index is 13.4. The summed E-state index contributed by atoms with van der Waals surface area (Å²) in [4.78, 5) is 11.8. The normalized spacial score (nSPS) is 10.3. The van der Waals surface area contributed by atoms with E-state index in [4.69, 9.17) is 11.6 Å². The molecule has 0 aromatic heterocycles. The molecule has 0 aliphatic rings. The van der Waals surface area contributed by atoms with Crippen LogP contribution in [0.4, 0.5) is 18.9 Å². The molecule has 0 saturated carbocycles. The smallest absolute Gasteiger partial charge is 0.257 e. The first-order valence-electron chi connectivity index (χ1n) is 5.20. The van der Waals surface area contributed by atoms with Gasteiger partial charge in [0.15, 0.2) is 17.5 Å². The van der Waals surface area contributed by atoms with Crippen LogP contribution in [0, 0.1) is 17.5 Å². The zero-order valence-corrected chi connectivity index (χ0v) is 10.1. The van der Waals surface area contributed by atoms with Crippen molar-refractivity contribution >= 4 is 23.2 Å². The zero-order chi connectivity index (χ0) is 14.0. The summed E-state index contributed by atoms with van der Waals surface area (Å²) in [6, 6.07) is 7.76. The lowest BCUT2D eigenvalue weighted by molar-refractivity contribution is 0.102. The third-order valence-electron chi connectivity index (χ3n) is 2.40.